The number of aromatic nitrogens is 2. The number of nitrogens with one attached hydrogen (secondary N) is 1. The van der Waals surface area contributed by atoms with E-state index in [4.69, 9.17) is 4.74 Å². The first-order chi connectivity index (χ1) is 10.6. The zero-order chi connectivity index (χ0) is 15.5. The van der Waals surface area contributed by atoms with Crippen molar-refractivity contribution in [3.63, 3.8) is 0 Å². The number of carbonyl (C=O) groups is 1. The molecule has 2 saturated heterocycles. The molecule has 1 aromatic rings. The first-order valence-corrected chi connectivity index (χ1v) is 8.28. The summed E-state index contributed by atoms with van der Waals surface area (Å²) in [6, 6.07) is 2.07. The van der Waals surface area contributed by atoms with Crippen molar-refractivity contribution >= 4 is 5.91 Å². The Balaban J connectivity index is 1.59. The Morgan fingerprint density at radius 1 is 1.45 bits per heavy atom. The van der Waals surface area contributed by atoms with E-state index in [0.29, 0.717) is 26.2 Å². The molecule has 1 amide bonds. The molecule has 0 radical (unpaired) electrons. The lowest BCUT2D eigenvalue weighted by Gasteiger charge is -2.36. The van der Waals surface area contributed by atoms with E-state index in [-0.39, 0.29) is 18.1 Å². The quantitative estimate of drug-likeness (QED) is 0.900. The van der Waals surface area contributed by atoms with E-state index >= 15 is 0 Å². The van der Waals surface area contributed by atoms with Gasteiger partial charge in [0.1, 0.15) is 0 Å². The Hall–Kier alpha value is -1.40. The fourth-order valence-electron chi connectivity index (χ4n) is 3.37. The highest BCUT2D eigenvalue weighted by Gasteiger charge is 2.30. The molecule has 0 spiro atoms. The zero-order valence-electron chi connectivity index (χ0n) is 13.5. The van der Waals surface area contributed by atoms with E-state index < -0.39 is 0 Å². The molecule has 2 atom stereocenters. The minimum atomic E-state index is 0.00110. The molecule has 0 saturated carbocycles. The number of hydrogen-bond acceptors (Lipinski definition) is 4. The maximum atomic E-state index is 12.6. The molecule has 0 aromatic carbocycles. The maximum Gasteiger partial charge on any atom is 0.239 e. The number of ether oxygens (including phenoxy) is 1. The predicted octanol–water partition coefficient (Wildman–Crippen LogP) is 0.869. The van der Waals surface area contributed by atoms with Crippen molar-refractivity contribution in [2.75, 3.05) is 26.2 Å². The normalized spacial score (nSPS) is 26.2. The van der Waals surface area contributed by atoms with Gasteiger partial charge in [-0.15, -0.1) is 0 Å². The molecule has 1 N–H and O–H groups in total. The number of amides is 1. The van der Waals surface area contributed by atoms with Crippen LogP contribution in [-0.2, 0) is 16.1 Å². The van der Waals surface area contributed by atoms with Gasteiger partial charge in [0.15, 0.2) is 0 Å². The van der Waals surface area contributed by atoms with E-state index in [0.717, 1.165) is 30.8 Å². The van der Waals surface area contributed by atoms with Crippen molar-refractivity contribution in [3.8, 4) is 0 Å². The first kappa shape index (κ1) is 15.5. The van der Waals surface area contributed by atoms with E-state index in [1.165, 1.54) is 6.42 Å². The zero-order valence-corrected chi connectivity index (χ0v) is 13.5. The molecule has 1 aromatic heterocycles. The highest BCUT2D eigenvalue weighted by molar-refractivity contribution is 5.82. The summed E-state index contributed by atoms with van der Waals surface area (Å²) in [7, 11) is 0. The largest absolute Gasteiger partial charge is 0.373 e. The standard InChI is InChI=1S/C16H26N4O2/c1-12-9-13(2)20(18-12)11-14-10-19(7-8-22-14)16(21)15-5-3-4-6-17-15/h9,14-15,17H,3-8,10-11H2,1-2H3/t14?,15-/m1/s1. The molecule has 122 valence electrons. The molecule has 2 fully saturated rings. The summed E-state index contributed by atoms with van der Waals surface area (Å²) in [6.07, 6.45) is 3.30. The Labute approximate surface area is 131 Å². The highest BCUT2D eigenvalue weighted by atomic mass is 16.5. The lowest BCUT2D eigenvalue weighted by atomic mass is 10.0. The first-order valence-electron chi connectivity index (χ1n) is 8.28. The van der Waals surface area contributed by atoms with Crippen LogP contribution in [0.25, 0.3) is 0 Å². The number of carbonyl (C=O) groups excluding carboxylic acids is 1. The summed E-state index contributed by atoms with van der Waals surface area (Å²) in [5.74, 6) is 0.237. The fourth-order valence-corrected chi connectivity index (χ4v) is 3.37. The Bertz CT molecular complexity index is 522. The molecule has 22 heavy (non-hydrogen) atoms. The van der Waals surface area contributed by atoms with Crippen molar-refractivity contribution < 1.29 is 9.53 Å². The van der Waals surface area contributed by atoms with Gasteiger partial charge in [-0.05, 0) is 39.3 Å². The minimum absolute atomic E-state index is 0.00110. The van der Waals surface area contributed by atoms with Crippen LogP contribution in [0, 0.1) is 13.8 Å². The molecule has 1 unspecified atom stereocenters. The van der Waals surface area contributed by atoms with Crippen molar-refractivity contribution in [3.05, 3.63) is 17.5 Å². The molecule has 6 heteroatoms. The van der Waals surface area contributed by atoms with Crippen molar-refractivity contribution in [1.29, 1.82) is 0 Å². The molecule has 0 bridgehead atoms. The molecular weight excluding hydrogens is 280 g/mol. The average molecular weight is 306 g/mol. The van der Waals surface area contributed by atoms with Crippen molar-refractivity contribution in [2.45, 2.75) is 51.8 Å². The Morgan fingerprint density at radius 2 is 2.32 bits per heavy atom. The van der Waals surface area contributed by atoms with E-state index in [9.17, 15) is 4.79 Å². The van der Waals surface area contributed by atoms with Crippen LogP contribution in [0.3, 0.4) is 0 Å². The average Bonchev–Trinajstić information content (AvgIpc) is 2.85. The van der Waals surface area contributed by atoms with Crippen LogP contribution in [-0.4, -0.2) is 59.0 Å². The summed E-state index contributed by atoms with van der Waals surface area (Å²) in [6.45, 7) is 7.69. The van der Waals surface area contributed by atoms with Gasteiger partial charge in [-0.25, -0.2) is 0 Å². The second kappa shape index (κ2) is 6.79. The molecule has 6 nitrogen and oxygen atoms in total. The van der Waals surface area contributed by atoms with Gasteiger partial charge in [0, 0.05) is 18.8 Å². The number of aryl methyl sites for hydroxylation is 2. The monoisotopic (exact) mass is 306 g/mol. The molecule has 3 rings (SSSR count). The Kier molecular flexibility index (Phi) is 4.78. The van der Waals surface area contributed by atoms with Gasteiger partial charge in [-0.1, -0.05) is 6.42 Å². The van der Waals surface area contributed by atoms with Crippen LogP contribution in [0.5, 0.6) is 0 Å². The van der Waals surface area contributed by atoms with Gasteiger partial charge < -0.3 is 15.0 Å². The van der Waals surface area contributed by atoms with Gasteiger partial charge in [0.05, 0.1) is 31.0 Å². The predicted molar refractivity (Wildman–Crippen MR) is 83.7 cm³/mol. The lowest BCUT2D eigenvalue weighted by Crippen LogP contribution is -2.54. The third kappa shape index (κ3) is 3.50. The van der Waals surface area contributed by atoms with Crippen LogP contribution in [0.15, 0.2) is 6.07 Å². The molecular formula is C16H26N4O2. The highest BCUT2D eigenvalue weighted by Crippen LogP contribution is 2.14. The number of morpholine rings is 1. The number of hydrogen-bond donors (Lipinski definition) is 1. The Morgan fingerprint density at radius 3 is 3.00 bits per heavy atom. The van der Waals surface area contributed by atoms with Crippen LogP contribution in [0.2, 0.25) is 0 Å². The van der Waals surface area contributed by atoms with E-state index in [2.05, 4.69) is 23.4 Å². The topological polar surface area (TPSA) is 59.4 Å². The summed E-state index contributed by atoms with van der Waals surface area (Å²) >= 11 is 0. The third-order valence-electron chi connectivity index (χ3n) is 4.54. The number of piperidine rings is 1. The molecule has 2 aliphatic rings. The lowest BCUT2D eigenvalue weighted by molar-refractivity contribution is -0.142. The van der Waals surface area contributed by atoms with Gasteiger partial charge in [-0.2, -0.15) is 5.10 Å². The van der Waals surface area contributed by atoms with Gasteiger partial charge in [-0.3, -0.25) is 9.48 Å². The van der Waals surface area contributed by atoms with E-state index in [1.54, 1.807) is 0 Å². The maximum absolute atomic E-state index is 12.6. The molecule has 3 heterocycles. The van der Waals surface area contributed by atoms with Crippen LogP contribution < -0.4 is 5.32 Å². The van der Waals surface area contributed by atoms with Crippen LogP contribution in [0.4, 0.5) is 0 Å². The van der Waals surface area contributed by atoms with Gasteiger partial charge in [0.25, 0.3) is 0 Å². The SMILES string of the molecule is Cc1cc(C)n(CC2CN(C(=O)[C@H]3CCCCN3)CCO2)n1. The summed E-state index contributed by atoms with van der Waals surface area (Å²) < 4.78 is 7.82. The summed E-state index contributed by atoms with van der Waals surface area (Å²) in [5, 5.41) is 7.83. The van der Waals surface area contributed by atoms with Crippen LogP contribution >= 0.6 is 0 Å². The smallest absolute Gasteiger partial charge is 0.239 e. The molecule has 0 aliphatic carbocycles. The van der Waals surface area contributed by atoms with Gasteiger partial charge in [0.2, 0.25) is 5.91 Å². The fraction of sp³-hybridized carbons (Fsp3) is 0.750. The number of rotatable bonds is 3. The second-order valence-corrected chi connectivity index (χ2v) is 6.39. The van der Waals surface area contributed by atoms with Gasteiger partial charge >= 0.3 is 0 Å². The number of nitrogens with zero attached hydrogens (tertiary/aromatic N) is 3. The summed E-state index contributed by atoms with van der Waals surface area (Å²) in [4.78, 5) is 14.6. The second-order valence-electron chi connectivity index (χ2n) is 6.39. The summed E-state index contributed by atoms with van der Waals surface area (Å²) in [5.41, 5.74) is 2.16. The van der Waals surface area contributed by atoms with Crippen molar-refractivity contribution in [1.82, 2.24) is 20.0 Å². The van der Waals surface area contributed by atoms with E-state index in [1.807, 2.05) is 16.5 Å². The van der Waals surface area contributed by atoms with Crippen LogP contribution in [0.1, 0.15) is 30.7 Å². The molecule has 2 aliphatic heterocycles. The third-order valence-corrected chi connectivity index (χ3v) is 4.54. The van der Waals surface area contributed by atoms with Crippen molar-refractivity contribution in [2.24, 2.45) is 0 Å². The minimum Gasteiger partial charge on any atom is -0.373 e.